The van der Waals surface area contributed by atoms with Crippen molar-refractivity contribution in [1.82, 2.24) is 10.1 Å². The van der Waals surface area contributed by atoms with Gasteiger partial charge in [-0.05, 0) is 23.9 Å². The summed E-state index contributed by atoms with van der Waals surface area (Å²) in [5, 5.41) is 6.34. The molecular formula is C18H20N3OS+. The van der Waals surface area contributed by atoms with Gasteiger partial charge in [0.2, 0.25) is 5.82 Å². The molecule has 1 fully saturated rings. The standard InChI is InChI=1S/C18H19N3OS/c1-13-6-2-3-7-14(13)18-19-17(22-20-18)12-21-10-4-8-15(21)16-9-5-11-23-16/h2-3,5-7,9,11,15H,4,8,10,12H2,1H3/p+1/t15-/m0/s1. The molecule has 0 spiro atoms. The van der Waals surface area contributed by atoms with Crippen LogP contribution in [0.15, 0.2) is 46.3 Å². The number of nitrogens with zero attached hydrogens (tertiary/aromatic N) is 2. The average Bonchev–Trinajstić information content (AvgIpc) is 3.29. The van der Waals surface area contributed by atoms with Crippen molar-refractivity contribution >= 4 is 11.3 Å². The molecule has 1 aromatic carbocycles. The molecule has 1 aliphatic heterocycles. The van der Waals surface area contributed by atoms with Crippen molar-refractivity contribution in [3.8, 4) is 11.4 Å². The van der Waals surface area contributed by atoms with E-state index in [0.717, 1.165) is 18.0 Å². The van der Waals surface area contributed by atoms with Gasteiger partial charge >= 0.3 is 0 Å². The third kappa shape index (κ3) is 2.94. The number of aryl methyl sites for hydroxylation is 1. The molecule has 3 aromatic rings. The molecule has 2 aromatic heterocycles. The summed E-state index contributed by atoms with van der Waals surface area (Å²) in [4.78, 5) is 7.63. The summed E-state index contributed by atoms with van der Waals surface area (Å²) in [6, 6.07) is 13.1. The van der Waals surface area contributed by atoms with Crippen LogP contribution in [-0.4, -0.2) is 16.7 Å². The third-order valence-electron chi connectivity index (χ3n) is 4.60. The van der Waals surface area contributed by atoms with Crippen LogP contribution in [0, 0.1) is 6.92 Å². The Hall–Kier alpha value is -1.98. The number of aromatic nitrogens is 2. The predicted molar refractivity (Wildman–Crippen MR) is 90.3 cm³/mol. The molecule has 118 valence electrons. The van der Waals surface area contributed by atoms with Crippen LogP contribution in [0.2, 0.25) is 0 Å². The summed E-state index contributed by atoms with van der Waals surface area (Å²) in [6.45, 7) is 4.05. The second-order valence-corrected chi connectivity index (χ2v) is 7.10. The van der Waals surface area contributed by atoms with Gasteiger partial charge in [0.1, 0.15) is 6.04 Å². The Labute approximate surface area is 139 Å². The van der Waals surface area contributed by atoms with Crippen LogP contribution in [0.25, 0.3) is 11.4 Å². The van der Waals surface area contributed by atoms with E-state index < -0.39 is 0 Å². The molecule has 4 nitrogen and oxygen atoms in total. The lowest BCUT2D eigenvalue weighted by atomic mass is 10.1. The van der Waals surface area contributed by atoms with Crippen LogP contribution in [0.5, 0.6) is 0 Å². The molecule has 2 atom stereocenters. The van der Waals surface area contributed by atoms with Crippen molar-refractivity contribution in [3.05, 3.63) is 58.1 Å². The summed E-state index contributed by atoms with van der Waals surface area (Å²) in [5.74, 6) is 1.44. The van der Waals surface area contributed by atoms with Crippen LogP contribution in [-0.2, 0) is 6.54 Å². The first-order valence-electron chi connectivity index (χ1n) is 8.08. The van der Waals surface area contributed by atoms with E-state index in [1.54, 1.807) is 0 Å². The van der Waals surface area contributed by atoms with Gasteiger partial charge in [0, 0.05) is 18.4 Å². The van der Waals surface area contributed by atoms with E-state index in [1.807, 2.05) is 29.5 Å². The zero-order valence-electron chi connectivity index (χ0n) is 13.2. The lowest BCUT2D eigenvalue weighted by Crippen LogP contribution is -3.08. The Morgan fingerprint density at radius 1 is 1.26 bits per heavy atom. The summed E-state index contributed by atoms with van der Waals surface area (Å²) < 4.78 is 5.52. The van der Waals surface area contributed by atoms with Gasteiger partial charge in [0.25, 0.3) is 5.89 Å². The van der Waals surface area contributed by atoms with Crippen LogP contribution >= 0.6 is 11.3 Å². The van der Waals surface area contributed by atoms with Gasteiger partial charge in [-0.15, -0.1) is 11.3 Å². The van der Waals surface area contributed by atoms with Crippen molar-refractivity contribution in [3.63, 3.8) is 0 Å². The van der Waals surface area contributed by atoms with Gasteiger partial charge in [-0.1, -0.05) is 35.5 Å². The van der Waals surface area contributed by atoms with Crippen LogP contribution in [0.4, 0.5) is 0 Å². The van der Waals surface area contributed by atoms with E-state index >= 15 is 0 Å². The number of hydrogen-bond acceptors (Lipinski definition) is 4. The Kier molecular flexibility index (Phi) is 3.97. The molecule has 23 heavy (non-hydrogen) atoms. The van der Waals surface area contributed by atoms with Crippen LogP contribution < -0.4 is 4.90 Å². The molecule has 0 aliphatic carbocycles. The number of quaternary nitrogens is 1. The fraction of sp³-hybridized carbons (Fsp3) is 0.333. The summed E-state index contributed by atoms with van der Waals surface area (Å²) in [7, 11) is 0. The molecule has 1 N–H and O–H groups in total. The van der Waals surface area contributed by atoms with Crippen molar-refractivity contribution in [2.45, 2.75) is 32.4 Å². The maximum Gasteiger partial charge on any atom is 0.282 e. The number of rotatable bonds is 4. The molecule has 1 aliphatic rings. The van der Waals surface area contributed by atoms with Gasteiger partial charge < -0.3 is 9.42 Å². The Morgan fingerprint density at radius 3 is 3.00 bits per heavy atom. The number of nitrogens with one attached hydrogen (secondary N) is 1. The summed E-state index contributed by atoms with van der Waals surface area (Å²) in [5.41, 5.74) is 2.22. The second-order valence-electron chi connectivity index (χ2n) is 6.12. The van der Waals surface area contributed by atoms with E-state index in [1.165, 1.54) is 34.7 Å². The summed E-state index contributed by atoms with van der Waals surface area (Å²) >= 11 is 1.85. The average molecular weight is 326 g/mol. The fourth-order valence-corrected chi connectivity index (χ4v) is 4.33. The molecular weight excluding hydrogens is 306 g/mol. The highest BCUT2D eigenvalue weighted by atomic mass is 32.1. The molecule has 5 heteroatoms. The van der Waals surface area contributed by atoms with Crippen molar-refractivity contribution in [2.75, 3.05) is 6.54 Å². The molecule has 4 rings (SSSR count). The van der Waals surface area contributed by atoms with Crippen LogP contribution in [0.1, 0.15) is 35.2 Å². The first-order valence-corrected chi connectivity index (χ1v) is 8.96. The lowest BCUT2D eigenvalue weighted by molar-refractivity contribution is -0.932. The lowest BCUT2D eigenvalue weighted by Gasteiger charge is -2.18. The zero-order valence-corrected chi connectivity index (χ0v) is 14.0. The van der Waals surface area contributed by atoms with Crippen molar-refractivity contribution in [2.24, 2.45) is 0 Å². The largest absolute Gasteiger partial charge is 0.333 e. The minimum Gasteiger partial charge on any atom is -0.333 e. The topological polar surface area (TPSA) is 43.4 Å². The monoisotopic (exact) mass is 326 g/mol. The Morgan fingerprint density at radius 2 is 2.17 bits per heavy atom. The van der Waals surface area contributed by atoms with Crippen molar-refractivity contribution < 1.29 is 9.42 Å². The fourth-order valence-electron chi connectivity index (χ4n) is 3.41. The SMILES string of the molecule is Cc1ccccc1-c1noc(C[NH+]2CCC[C@H]2c2cccs2)n1. The molecule has 0 saturated carbocycles. The van der Waals surface area contributed by atoms with E-state index in [9.17, 15) is 0 Å². The highest BCUT2D eigenvalue weighted by Gasteiger charge is 2.32. The smallest absolute Gasteiger partial charge is 0.282 e. The first-order chi connectivity index (χ1) is 11.3. The highest BCUT2D eigenvalue weighted by Crippen LogP contribution is 2.24. The number of benzene rings is 1. The summed E-state index contributed by atoms with van der Waals surface area (Å²) in [6.07, 6.45) is 2.51. The molecule has 0 bridgehead atoms. The van der Waals surface area contributed by atoms with Gasteiger partial charge in [-0.25, -0.2) is 0 Å². The maximum absolute atomic E-state index is 5.52. The third-order valence-corrected chi connectivity index (χ3v) is 5.59. The normalized spacial score (nSPS) is 20.9. The number of hydrogen-bond donors (Lipinski definition) is 1. The zero-order chi connectivity index (χ0) is 15.6. The minimum absolute atomic E-state index is 0.573. The van der Waals surface area contributed by atoms with E-state index in [4.69, 9.17) is 4.52 Å². The molecule has 1 saturated heterocycles. The van der Waals surface area contributed by atoms with E-state index in [-0.39, 0.29) is 0 Å². The highest BCUT2D eigenvalue weighted by molar-refractivity contribution is 7.10. The molecule has 0 amide bonds. The maximum atomic E-state index is 5.52. The quantitative estimate of drug-likeness (QED) is 0.801. The minimum atomic E-state index is 0.573. The molecule has 1 unspecified atom stereocenters. The van der Waals surface area contributed by atoms with Gasteiger partial charge in [-0.3, -0.25) is 0 Å². The van der Waals surface area contributed by atoms with E-state index in [0.29, 0.717) is 11.9 Å². The molecule has 0 radical (unpaired) electrons. The second kappa shape index (κ2) is 6.26. The van der Waals surface area contributed by atoms with Gasteiger partial charge in [0.05, 0.1) is 11.4 Å². The van der Waals surface area contributed by atoms with Crippen molar-refractivity contribution in [1.29, 1.82) is 0 Å². The first kappa shape index (κ1) is 14.6. The molecule has 3 heterocycles. The van der Waals surface area contributed by atoms with Gasteiger partial charge in [-0.2, -0.15) is 4.98 Å². The number of thiophene rings is 1. The van der Waals surface area contributed by atoms with Gasteiger partial charge in [0.15, 0.2) is 6.54 Å². The van der Waals surface area contributed by atoms with Crippen LogP contribution in [0.3, 0.4) is 0 Å². The Balaban J connectivity index is 1.53. The number of likely N-dealkylation sites (tertiary alicyclic amines) is 1. The Bertz CT molecular complexity index is 781. The van der Waals surface area contributed by atoms with E-state index in [2.05, 4.69) is 40.6 Å². The predicted octanol–water partition coefficient (Wildman–Crippen LogP) is 3.03.